The Labute approximate surface area is 69.5 Å². The first-order valence-corrected chi connectivity index (χ1v) is 3.39. The van der Waals surface area contributed by atoms with Gasteiger partial charge in [0.1, 0.15) is 12.6 Å². The van der Waals surface area contributed by atoms with Crippen LogP contribution in [-0.4, -0.2) is 36.2 Å². The van der Waals surface area contributed by atoms with Crippen molar-refractivity contribution in [3.05, 3.63) is 0 Å². The molecule has 1 atom stereocenters. The third-order valence-electron chi connectivity index (χ3n) is 1.06. The topological polar surface area (TPSA) is 116 Å². The molecule has 0 bridgehead atoms. The highest BCUT2D eigenvalue weighted by Gasteiger charge is 2.16. The van der Waals surface area contributed by atoms with Crippen LogP contribution in [0.1, 0.15) is 6.42 Å². The largest absolute Gasteiger partial charge is 0.462 e. The third kappa shape index (κ3) is 4.64. The number of esters is 1. The van der Waals surface area contributed by atoms with E-state index >= 15 is 0 Å². The number of aliphatic hydroxyl groups excluding tert-OH is 1. The molecule has 0 aliphatic rings. The lowest BCUT2D eigenvalue weighted by Crippen LogP contribution is -2.36. The summed E-state index contributed by atoms with van der Waals surface area (Å²) in [5.41, 5.74) is 9.99. The van der Waals surface area contributed by atoms with Gasteiger partial charge in [0, 0.05) is 0 Å². The number of carbonyl (C=O) groups is 2. The van der Waals surface area contributed by atoms with Gasteiger partial charge in [-0.15, -0.1) is 0 Å². The lowest BCUT2D eigenvalue weighted by Gasteiger charge is -2.07. The van der Waals surface area contributed by atoms with Crippen molar-refractivity contribution in [2.24, 2.45) is 11.5 Å². The minimum Gasteiger partial charge on any atom is -0.462 e. The van der Waals surface area contributed by atoms with E-state index in [1.165, 1.54) is 0 Å². The van der Waals surface area contributed by atoms with Crippen LogP contribution in [0, 0.1) is 0 Å². The Balaban J connectivity index is 3.69. The Bertz CT molecular complexity index is 171. The van der Waals surface area contributed by atoms with E-state index in [2.05, 4.69) is 4.74 Å². The van der Waals surface area contributed by atoms with Crippen molar-refractivity contribution in [2.45, 2.75) is 12.5 Å². The predicted molar refractivity (Wildman–Crippen MR) is 39.8 cm³/mol. The number of nitrogens with two attached hydrogens (primary N) is 2. The number of hydrogen-bond donors (Lipinski definition) is 3. The average molecular weight is 176 g/mol. The zero-order valence-electron chi connectivity index (χ0n) is 6.53. The van der Waals surface area contributed by atoms with Crippen LogP contribution in [0.2, 0.25) is 0 Å². The van der Waals surface area contributed by atoms with Gasteiger partial charge in [-0.3, -0.25) is 9.59 Å². The minimum atomic E-state index is -1.03. The Morgan fingerprint density at radius 1 is 1.50 bits per heavy atom. The molecule has 1 amide bonds. The zero-order chi connectivity index (χ0) is 9.56. The molecule has 0 aliphatic heterocycles. The lowest BCUT2D eigenvalue weighted by atomic mass is 10.2. The number of amides is 1. The van der Waals surface area contributed by atoms with Gasteiger partial charge < -0.3 is 21.3 Å². The van der Waals surface area contributed by atoms with Crippen molar-refractivity contribution >= 4 is 11.9 Å². The predicted octanol–water partition coefficient (Wildman–Crippen LogP) is -2.28. The summed E-state index contributed by atoms with van der Waals surface area (Å²) < 4.78 is 4.43. The highest BCUT2D eigenvalue weighted by atomic mass is 16.5. The second-order valence-electron chi connectivity index (χ2n) is 2.17. The van der Waals surface area contributed by atoms with Crippen molar-refractivity contribution in [1.29, 1.82) is 0 Å². The molecule has 5 N–H and O–H groups in total. The summed E-state index contributed by atoms with van der Waals surface area (Å²) in [5.74, 6) is -1.40. The first kappa shape index (κ1) is 10.9. The number of ether oxygens (including phenoxy) is 1. The Hall–Kier alpha value is -1.14. The SMILES string of the molecule is NC(=O)C[C@@H](N)C(=O)OCCO. The number of rotatable bonds is 5. The van der Waals surface area contributed by atoms with E-state index in [4.69, 9.17) is 16.6 Å². The van der Waals surface area contributed by atoms with E-state index in [9.17, 15) is 9.59 Å². The van der Waals surface area contributed by atoms with Crippen molar-refractivity contribution in [3.63, 3.8) is 0 Å². The van der Waals surface area contributed by atoms with Crippen LogP contribution in [0.5, 0.6) is 0 Å². The van der Waals surface area contributed by atoms with Crippen LogP contribution in [-0.2, 0) is 14.3 Å². The molecular formula is C6H12N2O4. The maximum absolute atomic E-state index is 10.8. The Morgan fingerprint density at radius 2 is 2.08 bits per heavy atom. The molecule has 0 unspecified atom stereocenters. The summed E-state index contributed by atoms with van der Waals surface area (Å²) in [6.07, 6.45) is -0.246. The zero-order valence-corrected chi connectivity index (χ0v) is 6.53. The summed E-state index contributed by atoms with van der Waals surface area (Å²) >= 11 is 0. The molecule has 6 heteroatoms. The quantitative estimate of drug-likeness (QED) is 0.408. The minimum absolute atomic E-state index is 0.120. The molecule has 0 fully saturated rings. The van der Waals surface area contributed by atoms with Crippen LogP contribution in [0.25, 0.3) is 0 Å². The summed E-state index contributed by atoms with van der Waals surface area (Å²) in [6.45, 7) is -0.389. The van der Waals surface area contributed by atoms with E-state index in [0.29, 0.717) is 0 Å². The first-order chi connectivity index (χ1) is 5.57. The Morgan fingerprint density at radius 3 is 2.50 bits per heavy atom. The van der Waals surface area contributed by atoms with E-state index in [0.717, 1.165) is 0 Å². The average Bonchev–Trinajstić information content (AvgIpc) is 1.98. The number of primary amides is 1. The van der Waals surface area contributed by atoms with Crippen LogP contribution < -0.4 is 11.5 Å². The van der Waals surface area contributed by atoms with Gasteiger partial charge in [0.2, 0.25) is 5.91 Å². The van der Waals surface area contributed by atoms with Crippen LogP contribution in [0.4, 0.5) is 0 Å². The third-order valence-corrected chi connectivity index (χ3v) is 1.06. The fourth-order valence-corrected chi connectivity index (χ4v) is 0.553. The second-order valence-corrected chi connectivity index (χ2v) is 2.17. The van der Waals surface area contributed by atoms with Gasteiger partial charge in [0.25, 0.3) is 0 Å². The van der Waals surface area contributed by atoms with Gasteiger partial charge >= 0.3 is 5.97 Å². The van der Waals surface area contributed by atoms with E-state index in [1.54, 1.807) is 0 Å². The molecule has 0 rings (SSSR count). The first-order valence-electron chi connectivity index (χ1n) is 3.39. The molecule has 0 saturated carbocycles. The van der Waals surface area contributed by atoms with Gasteiger partial charge in [-0.2, -0.15) is 0 Å². The van der Waals surface area contributed by atoms with Gasteiger partial charge in [-0.1, -0.05) is 0 Å². The van der Waals surface area contributed by atoms with E-state index < -0.39 is 17.9 Å². The second kappa shape index (κ2) is 5.50. The van der Waals surface area contributed by atoms with Crippen molar-refractivity contribution in [1.82, 2.24) is 0 Å². The molecule has 0 heterocycles. The molecule has 0 aromatic carbocycles. The monoisotopic (exact) mass is 176 g/mol. The van der Waals surface area contributed by atoms with E-state index in [1.807, 2.05) is 0 Å². The highest BCUT2D eigenvalue weighted by Crippen LogP contribution is 1.90. The molecule has 12 heavy (non-hydrogen) atoms. The molecule has 0 radical (unpaired) electrons. The van der Waals surface area contributed by atoms with E-state index in [-0.39, 0.29) is 19.6 Å². The standard InChI is InChI=1S/C6H12N2O4/c7-4(3-5(8)10)6(11)12-2-1-9/h4,9H,1-3,7H2,(H2,8,10)/t4-/m1/s1. The summed E-state index contributed by atoms with van der Waals surface area (Å²) in [4.78, 5) is 21.0. The lowest BCUT2D eigenvalue weighted by molar-refractivity contribution is -0.147. The number of carbonyl (C=O) groups excluding carboxylic acids is 2. The molecule has 0 aromatic heterocycles. The van der Waals surface area contributed by atoms with Gasteiger partial charge in [-0.05, 0) is 0 Å². The van der Waals surface area contributed by atoms with Gasteiger partial charge in [-0.25, -0.2) is 0 Å². The molecule has 0 aliphatic carbocycles. The number of hydrogen-bond acceptors (Lipinski definition) is 5. The van der Waals surface area contributed by atoms with Crippen molar-refractivity contribution < 1.29 is 19.4 Å². The normalized spacial score (nSPS) is 12.2. The molecule has 70 valence electrons. The smallest absolute Gasteiger partial charge is 0.323 e. The van der Waals surface area contributed by atoms with Crippen LogP contribution in [0.15, 0.2) is 0 Å². The summed E-state index contributed by atoms with van der Waals surface area (Å²) in [6, 6.07) is -1.03. The van der Waals surface area contributed by atoms with Gasteiger partial charge in [0.05, 0.1) is 13.0 Å². The molecule has 0 spiro atoms. The Kier molecular flexibility index (Phi) is 4.98. The maximum Gasteiger partial charge on any atom is 0.323 e. The van der Waals surface area contributed by atoms with Crippen LogP contribution >= 0.6 is 0 Å². The van der Waals surface area contributed by atoms with Crippen molar-refractivity contribution in [3.8, 4) is 0 Å². The summed E-state index contributed by atoms with van der Waals surface area (Å²) in [7, 11) is 0. The molecular weight excluding hydrogens is 164 g/mol. The maximum atomic E-state index is 10.8. The molecule has 0 aromatic rings. The molecule has 6 nitrogen and oxygen atoms in total. The fraction of sp³-hybridized carbons (Fsp3) is 0.667. The molecule has 0 saturated heterocycles. The highest BCUT2D eigenvalue weighted by molar-refractivity contribution is 5.84. The number of aliphatic hydroxyl groups is 1. The van der Waals surface area contributed by atoms with Crippen molar-refractivity contribution in [2.75, 3.05) is 13.2 Å². The fourth-order valence-electron chi connectivity index (χ4n) is 0.553. The van der Waals surface area contributed by atoms with Gasteiger partial charge in [0.15, 0.2) is 0 Å². The summed E-state index contributed by atoms with van der Waals surface area (Å²) in [5, 5.41) is 8.27. The van der Waals surface area contributed by atoms with Crippen LogP contribution in [0.3, 0.4) is 0 Å².